The van der Waals surface area contributed by atoms with Gasteiger partial charge in [0, 0.05) is 29.4 Å². The lowest BCUT2D eigenvalue weighted by Gasteiger charge is -2.44. The standard InChI is InChI=1S/C29H41N3O3.C2H6/c1-8-12-22-16-17-23(13-9-2)27(15-11-4)32(26(22)14-10-3)29(6,7)20-21(5)18-24-19-25(31-35-24)28(33)30-34;1-2/h8-15,19,21,34H,16-18,20H2,1-7H3,(H,30,33);1-2H3/b12-8-,13-9-,14-10-,15-11-;. The zero-order chi connectivity index (χ0) is 28.0. The van der Waals surface area contributed by atoms with Crippen LogP contribution in [-0.2, 0) is 6.42 Å². The van der Waals surface area contributed by atoms with E-state index < -0.39 is 5.91 Å². The van der Waals surface area contributed by atoms with E-state index in [9.17, 15) is 4.79 Å². The van der Waals surface area contributed by atoms with E-state index in [-0.39, 0.29) is 17.2 Å². The van der Waals surface area contributed by atoms with Gasteiger partial charge in [-0.3, -0.25) is 10.0 Å². The summed E-state index contributed by atoms with van der Waals surface area (Å²) in [6.45, 7) is 19.0. The maximum absolute atomic E-state index is 11.6. The zero-order valence-electron chi connectivity index (χ0n) is 24.3. The summed E-state index contributed by atoms with van der Waals surface area (Å²) in [5.41, 5.74) is 6.53. The predicted molar refractivity (Wildman–Crippen MR) is 153 cm³/mol. The molecule has 2 heterocycles. The average Bonchev–Trinajstić information content (AvgIpc) is 3.28. The number of carbonyl (C=O) groups excluding carboxylic acids is 1. The Kier molecular flexibility index (Phi) is 13.7. The van der Waals surface area contributed by atoms with E-state index in [1.54, 1.807) is 11.5 Å². The number of carbonyl (C=O) groups is 1. The molecule has 1 aliphatic rings. The van der Waals surface area contributed by atoms with Gasteiger partial charge in [0.2, 0.25) is 0 Å². The van der Waals surface area contributed by atoms with E-state index in [4.69, 9.17) is 9.73 Å². The fraction of sp³-hybridized carbons (Fsp3) is 0.484. The molecule has 6 heteroatoms. The van der Waals surface area contributed by atoms with Crippen LogP contribution in [0.4, 0.5) is 0 Å². The summed E-state index contributed by atoms with van der Waals surface area (Å²) < 4.78 is 5.36. The van der Waals surface area contributed by atoms with Crippen LogP contribution in [0.3, 0.4) is 0 Å². The predicted octanol–water partition coefficient (Wildman–Crippen LogP) is 8.08. The summed E-state index contributed by atoms with van der Waals surface area (Å²) in [4.78, 5) is 14.1. The molecule has 2 rings (SSSR count). The van der Waals surface area contributed by atoms with Gasteiger partial charge < -0.3 is 9.42 Å². The number of nitrogens with one attached hydrogen (secondary N) is 1. The summed E-state index contributed by atoms with van der Waals surface area (Å²) in [5.74, 6) is 0.202. The smallest absolute Gasteiger partial charge is 0.296 e. The molecule has 0 aliphatic carbocycles. The first-order chi connectivity index (χ1) is 17.7. The molecule has 0 aromatic carbocycles. The molecule has 1 unspecified atom stereocenters. The molecule has 0 saturated carbocycles. The molecule has 204 valence electrons. The molecule has 37 heavy (non-hydrogen) atoms. The third-order valence-corrected chi connectivity index (χ3v) is 6.08. The minimum absolute atomic E-state index is 0.0741. The molecule has 2 N–H and O–H groups in total. The quantitative estimate of drug-likeness (QED) is 0.246. The molecule has 6 nitrogen and oxygen atoms in total. The number of allylic oxidation sites excluding steroid dienone is 10. The van der Waals surface area contributed by atoms with E-state index >= 15 is 0 Å². The van der Waals surface area contributed by atoms with Crippen LogP contribution in [-0.4, -0.2) is 26.7 Å². The van der Waals surface area contributed by atoms with E-state index in [0.29, 0.717) is 12.2 Å². The van der Waals surface area contributed by atoms with Crippen molar-refractivity contribution in [1.29, 1.82) is 0 Å². The Hall–Kier alpha value is -3.12. The van der Waals surface area contributed by atoms with Crippen LogP contribution in [0.2, 0.25) is 0 Å². The minimum Gasteiger partial charge on any atom is -0.361 e. The zero-order valence-corrected chi connectivity index (χ0v) is 24.3. The number of hydroxylamine groups is 1. The number of hydrogen-bond acceptors (Lipinski definition) is 5. The van der Waals surface area contributed by atoms with Gasteiger partial charge in [-0.1, -0.05) is 62.4 Å². The molecule has 0 radical (unpaired) electrons. The van der Waals surface area contributed by atoms with Gasteiger partial charge in [-0.15, -0.1) is 0 Å². The number of amides is 1. The van der Waals surface area contributed by atoms with Crippen LogP contribution in [0.5, 0.6) is 0 Å². The minimum atomic E-state index is -0.673. The lowest BCUT2D eigenvalue weighted by atomic mass is 9.86. The second-order valence-electron chi connectivity index (χ2n) is 9.60. The van der Waals surface area contributed by atoms with Crippen LogP contribution < -0.4 is 5.48 Å². The van der Waals surface area contributed by atoms with Crippen molar-refractivity contribution in [3.63, 3.8) is 0 Å². The third-order valence-electron chi connectivity index (χ3n) is 6.08. The molecule has 1 amide bonds. The molecule has 1 aliphatic heterocycles. The van der Waals surface area contributed by atoms with Crippen molar-refractivity contribution in [1.82, 2.24) is 15.5 Å². The highest BCUT2D eigenvalue weighted by molar-refractivity contribution is 5.91. The van der Waals surface area contributed by atoms with Crippen molar-refractivity contribution in [2.75, 3.05) is 0 Å². The Morgan fingerprint density at radius 1 is 1.03 bits per heavy atom. The van der Waals surface area contributed by atoms with E-state index in [1.807, 2.05) is 13.8 Å². The van der Waals surface area contributed by atoms with E-state index in [1.165, 1.54) is 22.5 Å². The lowest BCUT2D eigenvalue weighted by molar-refractivity contribution is 0.0696. The first-order valence-corrected chi connectivity index (χ1v) is 13.4. The van der Waals surface area contributed by atoms with Crippen molar-refractivity contribution in [3.8, 4) is 0 Å². The van der Waals surface area contributed by atoms with Gasteiger partial charge in [-0.05, 0) is 90.0 Å². The van der Waals surface area contributed by atoms with Crippen molar-refractivity contribution in [3.05, 3.63) is 88.7 Å². The fourth-order valence-electron chi connectivity index (χ4n) is 4.95. The van der Waals surface area contributed by atoms with Crippen molar-refractivity contribution in [2.45, 2.75) is 93.5 Å². The van der Waals surface area contributed by atoms with Gasteiger partial charge in [0.05, 0.1) is 0 Å². The molecular weight excluding hydrogens is 462 g/mol. The Morgan fingerprint density at radius 2 is 1.51 bits per heavy atom. The van der Waals surface area contributed by atoms with Gasteiger partial charge in [-0.25, -0.2) is 5.48 Å². The Balaban J connectivity index is 0.00000334. The van der Waals surface area contributed by atoms with Gasteiger partial charge in [0.15, 0.2) is 5.69 Å². The second kappa shape index (κ2) is 15.9. The summed E-state index contributed by atoms with van der Waals surface area (Å²) >= 11 is 0. The fourth-order valence-corrected chi connectivity index (χ4v) is 4.95. The summed E-state index contributed by atoms with van der Waals surface area (Å²) in [7, 11) is 0. The highest BCUT2D eigenvalue weighted by Gasteiger charge is 2.34. The molecule has 0 fully saturated rings. The van der Waals surface area contributed by atoms with E-state index in [0.717, 1.165) is 19.3 Å². The third kappa shape index (κ3) is 8.74. The van der Waals surface area contributed by atoms with Gasteiger partial charge in [-0.2, -0.15) is 0 Å². The monoisotopic (exact) mass is 509 g/mol. The Labute approximate surface area is 224 Å². The van der Waals surface area contributed by atoms with Gasteiger partial charge >= 0.3 is 0 Å². The van der Waals surface area contributed by atoms with Crippen molar-refractivity contribution >= 4 is 5.91 Å². The van der Waals surface area contributed by atoms with Crippen LogP contribution in [0, 0.1) is 5.92 Å². The lowest BCUT2D eigenvalue weighted by Crippen LogP contribution is -2.44. The van der Waals surface area contributed by atoms with Crippen LogP contribution in [0.25, 0.3) is 0 Å². The molecule has 0 bridgehead atoms. The van der Waals surface area contributed by atoms with Crippen LogP contribution >= 0.6 is 0 Å². The number of aromatic nitrogens is 1. The van der Waals surface area contributed by atoms with Crippen molar-refractivity contribution < 1.29 is 14.5 Å². The van der Waals surface area contributed by atoms with E-state index in [2.05, 4.69) is 107 Å². The topological polar surface area (TPSA) is 78.6 Å². The highest BCUT2D eigenvalue weighted by atomic mass is 16.5. The number of nitrogens with zero attached hydrogens (tertiary/aromatic N) is 2. The summed E-state index contributed by atoms with van der Waals surface area (Å²) in [6.07, 6.45) is 20.8. The molecule has 1 aromatic heterocycles. The number of rotatable bonds is 10. The maximum atomic E-state index is 11.6. The largest absolute Gasteiger partial charge is 0.361 e. The highest BCUT2D eigenvalue weighted by Crippen LogP contribution is 2.40. The molecule has 0 spiro atoms. The van der Waals surface area contributed by atoms with Gasteiger partial charge in [0.25, 0.3) is 5.91 Å². The summed E-state index contributed by atoms with van der Waals surface area (Å²) in [5, 5.41) is 12.6. The SMILES string of the molecule is C/C=C\C1=C(/C=C\C)N(C(C)(C)CC(C)Cc2cc(C(=O)NO)no2)C(/C=C\C)=C(/C=C\C)CC1.CC. The second-order valence-corrected chi connectivity index (χ2v) is 9.60. The average molecular weight is 510 g/mol. The molecule has 1 atom stereocenters. The van der Waals surface area contributed by atoms with Gasteiger partial charge in [0.1, 0.15) is 5.76 Å². The molecule has 0 saturated heterocycles. The first-order valence-electron chi connectivity index (χ1n) is 13.4. The maximum Gasteiger partial charge on any atom is 0.296 e. The van der Waals surface area contributed by atoms with Crippen LogP contribution in [0.15, 0.2) is 81.7 Å². The van der Waals surface area contributed by atoms with Crippen LogP contribution in [0.1, 0.15) is 97.8 Å². The van der Waals surface area contributed by atoms with Crippen molar-refractivity contribution in [2.24, 2.45) is 5.92 Å². The summed E-state index contributed by atoms with van der Waals surface area (Å²) in [6, 6.07) is 1.59. The number of hydrogen-bond donors (Lipinski definition) is 2. The molecule has 1 aromatic rings. The normalized spacial score (nSPS) is 16.2. The Morgan fingerprint density at radius 3 is 1.95 bits per heavy atom. The molecular formula is C31H47N3O3. The Bertz CT molecular complexity index is 1010. The first kappa shape index (κ1) is 31.9.